The normalized spacial score (nSPS) is 17.5. The number of benzene rings is 2. The number of hydrogen-bond donors (Lipinski definition) is 2. The number of nitrogens with one attached hydrogen (secondary N) is 2. The van der Waals surface area contributed by atoms with Gasteiger partial charge >= 0.3 is 12.0 Å². The third-order valence-electron chi connectivity index (χ3n) is 4.97. The minimum Gasteiger partial charge on any atom is -0.497 e. The predicted octanol–water partition coefficient (Wildman–Crippen LogP) is 1.65. The van der Waals surface area contributed by atoms with E-state index < -0.39 is 42.5 Å². The summed E-state index contributed by atoms with van der Waals surface area (Å²) in [6.07, 6.45) is 0. The summed E-state index contributed by atoms with van der Waals surface area (Å²) in [6.45, 7) is 0.360. The molecular weight excluding hydrogens is 418 g/mol. The van der Waals surface area contributed by atoms with Crippen molar-refractivity contribution in [2.75, 3.05) is 32.7 Å². The molecule has 0 saturated carbocycles. The number of carbonyl (C=O) groups is 4. The molecule has 1 aliphatic heterocycles. The number of rotatable bonds is 8. The zero-order valence-corrected chi connectivity index (χ0v) is 17.8. The highest BCUT2D eigenvalue weighted by atomic mass is 16.5. The Morgan fingerprint density at radius 1 is 0.969 bits per heavy atom. The number of imide groups is 1. The molecule has 4 amide bonds. The van der Waals surface area contributed by atoms with Crippen molar-refractivity contribution in [2.45, 2.75) is 12.5 Å². The van der Waals surface area contributed by atoms with Gasteiger partial charge < -0.3 is 24.8 Å². The van der Waals surface area contributed by atoms with E-state index in [-0.39, 0.29) is 0 Å². The topological polar surface area (TPSA) is 123 Å². The minimum absolute atomic E-state index is 0.496. The highest BCUT2D eigenvalue weighted by Crippen LogP contribution is 2.30. The van der Waals surface area contributed by atoms with Gasteiger partial charge in [0.25, 0.3) is 11.8 Å². The first-order chi connectivity index (χ1) is 15.3. The van der Waals surface area contributed by atoms with Crippen LogP contribution in [-0.2, 0) is 24.7 Å². The summed E-state index contributed by atoms with van der Waals surface area (Å²) >= 11 is 0. The molecule has 1 aliphatic rings. The van der Waals surface area contributed by atoms with Crippen LogP contribution in [-0.4, -0.2) is 56.1 Å². The Labute approximate surface area is 184 Å². The van der Waals surface area contributed by atoms with Gasteiger partial charge in [-0.3, -0.25) is 19.3 Å². The van der Waals surface area contributed by atoms with Crippen LogP contribution >= 0.6 is 0 Å². The maximum absolute atomic E-state index is 12.9. The van der Waals surface area contributed by atoms with Crippen molar-refractivity contribution in [1.29, 1.82) is 0 Å². The van der Waals surface area contributed by atoms with Crippen molar-refractivity contribution in [3.05, 3.63) is 54.1 Å². The Balaban J connectivity index is 1.55. The third kappa shape index (κ3) is 4.80. The third-order valence-corrected chi connectivity index (χ3v) is 4.97. The van der Waals surface area contributed by atoms with E-state index in [4.69, 9.17) is 14.2 Å². The summed E-state index contributed by atoms with van der Waals surface area (Å²) in [7, 11) is 3.04. The van der Waals surface area contributed by atoms with Crippen LogP contribution in [0.25, 0.3) is 0 Å². The van der Waals surface area contributed by atoms with Crippen LogP contribution in [0.3, 0.4) is 0 Å². The van der Waals surface area contributed by atoms with Gasteiger partial charge in [-0.05, 0) is 48.9 Å². The molecule has 1 atom stereocenters. The molecule has 1 heterocycles. The van der Waals surface area contributed by atoms with E-state index in [0.717, 1.165) is 4.90 Å². The van der Waals surface area contributed by atoms with Crippen molar-refractivity contribution in [3.63, 3.8) is 0 Å². The van der Waals surface area contributed by atoms with E-state index in [9.17, 15) is 19.2 Å². The lowest BCUT2D eigenvalue weighted by atomic mass is 9.92. The van der Waals surface area contributed by atoms with E-state index >= 15 is 0 Å². The minimum atomic E-state index is -1.34. The lowest BCUT2D eigenvalue weighted by Crippen LogP contribution is -2.41. The van der Waals surface area contributed by atoms with Crippen LogP contribution in [0.2, 0.25) is 0 Å². The van der Waals surface area contributed by atoms with Crippen LogP contribution in [0.5, 0.6) is 11.5 Å². The van der Waals surface area contributed by atoms with Gasteiger partial charge in [-0.15, -0.1) is 0 Å². The monoisotopic (exact) mass is 441 g/mol. The summed E-state index contributed by atoms with van der Waals surface area (Å²) in [5.74, 6) is -0.833. The summed E-state index contributed by atoms with van der Waals surface area (Å²) < 4.78 is 15.1. The number of hydrogen-bond acceptors (Lipinski definition) is 7. The quantitative estimate of drug-likeness (QED) is 0.472. The smallest absolute Gasteiger partial charge is 0.326 e. The standard InChI is InChI=1S/C22H23N3O7/c1-22(14-4-8-16(30-2)9-5-14)20(28)25(21(29)24-22)12-19(27)32-13-18(26)23-15-6-10-17(31-3)11-7-15/h4-11H,12-13H2,1-3H3,(H,23,26)(H,24,29). The molecule has 2 aromatic carbocycles. The van der Waals surface area contributed by atoms with Gasteiger partial charge in [0.05, 0.1) is 14.2 Å². The molecule has 32 heavy (non-hydrogen) atoms. The molecule has 10 heteroatoms. The number of esters is 1. The molecule has 0 aliphatic carbocycles. The van der Waals surface area contributed by atoms with Gasteiger partial charge in [0.15, 0.2) is 6.61 Å². The largest absolute Gasteiger partial charge is 0.497 e. The zero-order valence-electron chi connectivity index (χ0n) is 17.8. The summed E-state index contributed by atoms with van der Waals surface area (Å²) in [5, 5.41) is 5.16. The number of carbonyl (C=O) groups excluding carboxylic acids is 4. The van der Waals surface area contributed by atoms with Gasteiger partial charge in [-0.1, -0.05) is 12.1 Å². The molecule has 3 rings (SSSR count). The summed E-state index contributed by atoms with van der Waals surface area (Å²) in [6, 6.07) is 12.5. The Kier molecular flexibility index (Phi) is 6.62. The highest BCUT2D eigenvalue weighted by molar-refractivity contribution is 6.09. The number of methoxy groups -OCH3 is 2. The van der Waals surface area contributed by atoms with E-state index in [2.05, 4.69) is 10.6 Å². The van der Waals surface area contributed by atoms with Crippen LogP contribution < -0.4 is 20.1 Å². The Bertz CT molecular complexity index is 1020. The van der Waals surface area contributed by atoms with E-state index in [0.29, 0.717) is 22.7 Å². The molecule has 0 bridgehead atoms. The van der Waals surface area contributed by atoms with Gasteiger partial charge in [-0.2, -0.15) is 0 Å². The Morgan fingerprint density at radius 3 is 2.09 bits per heavy atom. The molecule has 1 fully saturated rings. The molecule has 2 aromatic rings. The van der Waals surface area contributed by atoms with Crippen LogP contribution in [0.1, 0.15) is 12.5 Å². The SMILES string of the molecule is COc1ccc(NC(=O)COC(=O)CN2C(=O)NC(C)(c3ccc(OC)cc3)C2=O)cc1. The zero-order chi connectivity index (χ0) is 23.3. The maximum atomic E-state index is 12.9. The van der Waals surface area contributed by atoms with Gasteiger partial charge in [0.1, 0.15) is 23.6 Å². The fourth-order valence-electron chi connectivity index (χ4n) is 3.15. The molecule has 0 spiro atoms. The van der Waals surface area contributed by atoms with E-state index in [1.807, 2.05) is 0 Å². The fraction of sp³-hybridized carbons (Fsp3) is 0.273. The van der Waals surface area contributed by atoms with Gasteiger partial charge in [0, 0.05) is 5.69 Å². The first kappa shape index (κ1) is 22.6. The average molecular weight is 441 g/mol. The maximum Gasteiger partial charge on any atom is 0.326 e. The van der Waals surface area contributed by atoms with Gasteiger partial charge in [0.2, 0.25) is 0 Å². The number of ether oxygens (including phenoxy) is 3. The number of urea groups is 1. The summed E-state index contributed by atoms with van der Waals surface area (Å²) in [5.41, 5.74) is -0.308. The van der Waals surface area contributed by atoms with Crippen LogP contribution in [0.15, 0.2) is 48.5 Å². The Morgan fingerprint density at radius 2 is 1.53 bits per heavy atom. The number of anilines is 1. The fourth-order valence-corrected chi connectivity index (χ4v) is 3.15. The number of amides is 4. The molecule has 10 nitrogen and oxygen atoms in total. The van der Waals surface area contributed by atoms with Crippen molar-refractivity contribution in [2.24, 2.45) is 0 Å². The predicted molar refractivity (Wildman–Crippen MR) is 113 cm³/mol. The van der Waals surface area contributed by atoms with Crippen molar-refractivity contribution in [3.8, 4) is 11.5 Å². The molecule has 2 N–H and O–H groups in total. The first-order valence-corrected chi connectivity index (χ1v) is 9.65. The molecular formula is C22H23N3O7. The van der Waals surface area contributed by atoms with Crippen molar-refractivity contribution >= 4 is 29.5 Å². The van der Waals surface area contributed by atoms with Gasteiger partial charge in [-0.25, -0.2) is 4.79 Å². The number of nitrogens with zero attached hydrogens (tertiary/aromatic N) is 1. The molecule has 1 unspecified atom stereocenters. The van der Waals surface area contributed by atoms with Crippen LogP contribution in [0, 0.1) is 0 Å². The second kappa shape index (κ2) is 9.38. The first-order valence-electron chi connectivity index (χ1n) is 9.65. The molecule has 0 aromatic heterocycles. The lowest BCUT2D eigenvalue weighted by Gasteiger charge is -2.22. The molecule has 168 valence electrons. The van der Waals surface area contributed by atoms with E-state index in [1.165, 1.54) is 14.2 Å². The van der Waals surface area contributed by atoms with Crippen molar-refractivity contribution in [1.82, 2.24) is 10.2 Å². The van der Waals surface area contributed by atoms with Crippen molar-refractivity contribution < 1.29 is 33.4 Å². The van der Waals surface area contributed by atoms with E-state index in [1.54, 1.807) is 55.5 Å². The van der Waals surface area contributed by atoms with Crippen LogP contribution in [0.4, 0.5) is 10.5 Å². The molecule has 1 saturated heterocycles. The highest BCUT2D eigenvalue weighted by Gasteiger charge is 2.49. The second-order valence-corrected chi connectivity index (χ2v) is 7.11. The Hall–Kier alpha value is -4.08. The lowest BCUT2D eigenvalue weighted by molar-refractivity contribution is -0.150. The summed E-state index contributed by atoms with van der Waals surface area (Å²) in [4.78, 5) is 50.1. The molecule has 0 radical (unpaired) electrons. The second-order valence-electron chi connectivity index (χ2n) is 7.11. The average Bonchev–Trinajstić information content (AvgIpc) is 3.02.